The number of carbonyl (C=O) groups excluding carboxylic acids is 1. The molecule has 4 heteroatoms. The van der Waals surface area contributed by atoms with Crippen LogP contribution in [0.2, 0.25) is 0 Å². The summed E-state index contributed by atoms with van der Waals surface area (Å²) < 4.78 is 10.6. The third-order valence-electron chi connectivity index (χ3n) is 3.35. The number of ether oxygens (including phenoxy) is 2. The van der Waals surface area contributed by atoms with Gasteiger partial charge in [-0.2, -0.15) is 5.26 Å². The van der Waals surface area contributed by atoms with Crippen molar-refractivity contribution in [1.29, 1.82) is 5.26 Å². The third-order valence-corrected chi connectivity index (χ3v) is 3.35. The number of ketones is 1. The van der Waals surface area contributed by atoms with Crippen LogP contribution >= 0.6 is 0 Å². The van der Waals surface area contributed by atoms with E-state index in [9.17, 15) is 10.1 Å². The van der Waals surface area contributed by atoms with Crippen LogP contribution in [0.25, 0.3) is 0 Å². The summed E-state index contributed by atoms with van der Waals surface area (Å²) in [5, 5.41) is 9.38. The SMILES string of the molecule is COc1ccc(C(C#N)C(=O)c2ccc(OC(C)C)cc2)cc1. The van der Waals surface area contributed by atoms with Gasteiger partial charge in [0.1, 0.15) is 17.4 Å². The van der Waals surface area contributed by atoms with E-state index in [1.165, 1.54) is 0 Å². The van der Waals surface area contributed by atoms with Crippen LogP contribution in [0, 0.1) is 11.3 Å². The van der Waals surface area contributed by atoms with Crippen LogP contribution in [0.1, 0.15) is 35.7 Å². The van der Waals surface area contributed by atoms with Crippen molar-refractivity contribution in [3.63, 3.8) is 0 Å². The molecule has 0 aliphatic rings. The molecule has 0 saturated carbocycles. The number of rotatable bonds is 6. The summed E-state index contributed by atoms with van der Waals surface area (Å²) in [7, 11) is 1.57. The van der Waals surface area contributed by atoms with Gasteiger partial charge in [0.15, 0.2) is 5.78 Å². The fourth-order valence-corrected chi connectivity index (χ4v) is 2.22. The topological polar surface area (TPSA) is 59.3 Å². The molecule has 2 rings (SSSR count). The van der Waals surface area contributed by atoms with Crippen molar-refractivity contribution in [3.8, 4) is 17.6 Å². The minimum Gasteiger partial charge on any atom is -0.497 e. The van der Waals surface area contributed by atoms with Crippen LogP contribution in [0.15, 0.2) is 48.5 Å². The second kappa shape index (κ2) is 7.46. The largest absolute Gasteiger partial charge is 0.497 e. The standard InChI is InChI=1S/C19H19NO3/c1-13(2)23-17-10-6-15(7-11-17)19(21)18(12-20)14-4-8-16(22-3)9-5-14/h4-11,13,18H,1-3H3. The molecule has 23 heavy (non-hydrogen) atoms. The smallest absolute Gasteiger partial charge is 0.184 e. The minimum absolute atomic E-state index is 0.0720. The van der Waals surface area contributed by atoms with Crippen molar-refractivity contribution in [2.75, 3.05) is 7.11 Å². The number of hydrogen-bond acceptors (Lipinski definition) is 4. The first-order chi connectivity index (χ1) is 11.0. The van der Waals surface area contributed by atoms with Gasteiger partial charge in [0.05, 0.1) is 19.3 Å². The first-order valence-electron chi connectivity index (χ1n) is 7.39. The van der Waals surface area contributed by atoms with E-state index < -0.39 is 5.92 Å². The Labute approximate surface area is 136 Å². The van der Waals surface area contributed by atoms with E-state index in [0.29, 0.717) is 22.6 Å². The van der Waals surface area contributed by atoms with Gasteiger partial charge in [-0.25, -0.2) is 0 Å². The molecule has 0 bridgehead atoms. The highest BCUT2D eigenvalue weighted by Gasteiger charge is 2.21. The zero-order chi connectivity index (χ0) is 16.8. The molecule has 4 nitrogen and oxygen atoms in total. The molecule has 0 fully saturated rings. The molecule has 1 atom stereocenters. The molecule has 0 saturated heterocycles. The lowest BCUT2D eigenvalue weighted by Gasteiger charge is -2.12. The lowest BCUT2D eigenvalue weighted by molar-refractivity contribution is 0.0979. The van der Waals surface area contributed by atoms with Gasteiger partial charge in [-0.3, -0.25) is 4.79 Å². The Morgan fingerprint density at radius 1 is 1.00 bits per heavy atom. The predicted octanol–water partition coefficient (Wildman–Crippen LogP) is 3.97. The molecule has 0 heterocycles. The van der Waals surface area contributed by atoms with Crippen LogP contribution in [0.5, 0.6) is 11.5 Å². The molecule has 2 aromatic rings. The number of Topliss-reactive ketones (excluding diaryl/α,β-unsaturated/α-hetero) is 1. The summed E-state index contributed by atoms with van der Waals surface area (Å²) in [6.45, 7) is 3.88. The maximum atomic E-state index is 12.6. The van der Waals surface area contributed by atoms with Gasteiger partial charge in [0, 0.05) is 5.56 Å². The normalized spacial score (nSPS) is 11.6. The van der Waals surface area contributed by atoms with Gasteiger partial charge in [-0.1, -0.05) is 12.1 Å². The Balaban J connectivity index is 2.20. The third kappa shape index (κ3) is 4.10. The average molecular weight is 309 g/mol. The van der Waals surface area contributed by atoms with Crippen LogP contribution in [0.4, 0.5) is 0 Å². The second-order valence-corrected chi connectivity index (χ2v) is 5.39. The molecule has 0 N–H and O–H groups in total. The minimum atomic E-state index is -0.835. The van der Waals surface area contributed by atoms with Crippen LogP contribution in [-0.2, 0) is 0 Å². The maximum Gasteiger partial charge on any atom is 0.184 e. The zero-order valence-corrected chi connectivity index (χ0v) is 13.4. The monoisotopic (exact) mass is 309 g/mol. The van der Waals surface area contributed by atoms with Crippen molar-refractivity contribution < 1.29 is 14.3 Å². The highest BCUT2D eigenvalue weighted by atomic mass is 16.5. The number of benzene rings is 2. The Kier molecular flexibility index (Phi) is 5.37. The van der Waals surface area contributed by atoms with Crippen LogP contribution in [0.3, 0.4) is 0 Å². The number of hydrogen-bond donors (Lipinski definition) is 0. The van der Waals surface area contributed by atoms with E-state index >= 15 is 0 Å². The molecule has 0 aromatic heterocycles. The Hall–Kier alpha value is -2.80. The molecular weight excluding hydrogens is 290 g/mol. The summed E-state index contributed by atoms with van der Waals surface area (Å²) >= 11 is 0. The van der Waals surface area contributed by atoms with Crippen molar-refractivity contribution >= 4 is 5.78 Å². The number of carbonyl (C=O) groups is 1. The molecule has 0 aliphatic heterocycles. The molecule has 2 aromatic carbocycles. The van der Waals surface area contributed by atoms with Crippen molar-refractivity contribution in [3.05, 3.63) is 59.7 Å². The molecule has 0 spiro atoms. The van der Waals surface area contributed by atoms with E-state index in [1.54, 1.807) is 55.6 Å². The van der Waals surface area contributed by atoms with Gasteiger partial charge in [0.2, 0.25) is 0 Å². The lowest BCUT2D eigenvalue weighted by Crippen LogP contribution is -2.11. The highest BCUT2D eigenvalue weighted by molar-refractivity contribution is 6.02. The summed E-state index contributed by atoms with van der Waals surface area (Å²) in [5.41, 5.74) is 1.14. The molecule has 118 valence electrons. The van der Waals surface area contributed by atoms with E-state index in [2.05, 4.69) is 6.07 Å². The predicted molar refractivity (Wildman–Crippen MR) is 87.9 cm³/mol. The number of nitriles is 1. The fraction of sp³-hybridized carbons (Fsp3) is 0.263. The molecule has 0 radical (unpaired) electrons. The number of nitrogens with zero attached hydrogens (tertiary/aromatic N) is 1. The summed E-state index contributed by atoms with van der Waals surface area (Å²) in [6, 6.07) is 15.9. The van der Waals surface area contributed by atoms with E-state index in [4.69, 9.17) is 9.47 Å². The van der Waals surface area contributed by atoms with Gasteiger partial charge >= 0.3 is 0 Å². The zero-order valence-electron chi connectivity index (χ0n) is 13.4. The van der Waals surface area contributed by atoms with E-state index in [0.717, 1.165) is 0 Å². The van der Waals surface area contributed by atoms with E-state index in [1.807, 2.05) is 13.8 Å². The fourth-order valence-electron chi connectivity index (χ4n) is 2.22. The van der Waals surface area contributed by atoms with Gasteiger partial charge < -0.3 is 9.47 Å². The first-order valence-corrected chi connectivity index (χ1v) is 7.39. The first kappa shape index (κ1) is 16.6. The summed E-state index contributed by atoms with van der Waals surface area (Å²) in [5.74, 6) is 0.328. The summed E-state index contributed by atoms with van der Waals surface area (Å²) in [6.07, 6.45) is 0.0720. The van der Waals surface area contributed by atoms with Crippen LogP contribution in [-0.4, -0.2) is 19.0 Å². The van der Waals surface area contributed by atoms with E-state index in [-0.39, 0.29) is 11.9 Å². The maximum absolute atomic E-state index is 12.6. The molecule has 1 unspecified atom stereocenters. The highest BCUT2D eigenvalue weighted by Crippen LogP contribution is 2.24. The molecular formula is C19H19NO3. The quantitative estimate of drug-likeness (QED) is 0.757. The van der Waals surface area contributed by atoms with Crippen LogP contribution < -0.4 is 9.47 Å². The van der Waals surface area contributed by atoms with Gasteiger partial charge in [-0.15, -0.1) is 0 Å². The second-order valence-electron chi connectivity index (χ2n) is 5.39. The molecule has 0 amide bonds. The summed E-state index contributed by atoms with van der Waals surface area (Å²) in [4.78, 5) is 12.6. The molecule has 0 aliphatic carbocycles. The van der Waals surface area contributed by atoms with Gasteiger partial charge in [-0.05, 0) is 55.8 Å². The average Bonchev–Trinajstić information content (AvgIpc) is 2.56. The van der Waals surface area contributed by atoms with Crippen molar-refractivity contribution in [2.45, 2.75) is 25.9 Å². The number of methoxy groups -OCH3 is 1. The Bertz CT molecular complexity index is 697. The lowest BCUT2D eigenvalue weighted by atomic mass is 9.92. The Morgan fingerprint density at radius 3 is 2.04 bits per heavy atom. The van der Waals surface area contributed by atoms with Gasteiger partial charge in [0.25, 0.3) is 0 Å². The Morgan fingerprint density at radius 2 is 1.57 bits per heavy atom. The van der Waals surface area contributed by atoms with Crippen molar-refractivity contribution in [1.82, 2.24) is 0 Å². The van der Waals surface area contributed by atoms with Crippen molar-refractivity contribution in [2.24, 2.45) is 0 Å².